The summed E-state index contributed by atoms with van der Waals surface area (Å²) in [5.74, 6) is 0. The van der Waals surface area contributed by atoms with Crippen LogP contribution in [0.25, 0.3) is 71.0 Å². The molecule has 4 heteroatoms. The van der Waals surface area contributed by atoms with Crippen molar-refractivity contribution < 1.29 is 0 Å². The summed E-state index contributed by atoms with van der Waals surface area (Å²) in [6, 6.07) is 53.6. The van der Waals surface area contributed by atoms with Crippen molar-refractivity contribution in [3.63, 3.8) is 0 Å². The number of anilines is 2. The van der Waals surface area contributed by atoms with E-state index < -0.39 is 0 Å². The van der Waals surface area contributed by atoms with Crippen molar-refractivity contribution in [3.8, 4) is 39.1 Å². The minimum absolute atomic E-state index is 0.0600. The highest BCUT2D eigenvalue weighted by atomic mass is 32.1. The van der Waals surface area contributed by atoms with Crippen molar-refractivity contribution >= 4 is 72.1 Å². The number of nitrogens with zero attached hydrogens (tertiary/aromatic N) is 1. The van der Waals surface area contributed by atoms with Crippen LogP contribution in [0.1, 0.15) is 110 Å². The van der Waals surface area contributed by atoms with Gasteiger partial charge < -0.3 is 9.88 Å². The van der Waals surface area contributed by atoms with Gasteiger partial charge in [-0.15, -0.1) is 11.3 Å². The summed E-state index contributed by atoms with van der Waals surface area (Å²) in [6.45, 7) is 19.1. The van der Waals surface area contributed by atoms with E-state index in [4.69, 9.17) is 0 Å². The van der Waals surface area contributed by atoms with Crippen molar-refractivity contribution in [2.75, 3.05) is 5.32 Å². The molecule has 0 amide bonds. The number of aryl methyl sites for hydroxylation is 1. The number of fused-ring (bicyclic) bond motifs is 8. The second-order valence-corrected chi connectivity index (χ2v) is 22.6. The summed E-state index contributed by atoms with van der Waals surface area (Å²) in [4.78, 5) is 0. The van der Waals surface area contributed by atoms with Crippen molar-refractivity contribution in [1.29, 1.82) is 0 Å². The van der Waals surface area contributed by atoms with Crippen LogP contribution in [0.5, 0.6) is 0 Å². The minimum atomic E-state index is 0.0600. The molecule has 65 heavy (non-hydrogen) atoms. The van der Waals surface area contributed by atoms with Gasteiger partial charge in [0.15, 0.2) is 0 Å². The first-order valence-electron chi connectivity index (χ1n) is 24.2. The molecule has 0 fully saturated rings. The van der Waals surface area contributed by atoms with Crippen LogP contribution in [0, 0.1) is 0 Å². The number of thiophene rings is 1. The van der Waals surface area contributed by atoms with E-state index in [1.807, 2.05) is 11.3 Å². The Bertz CT molecular complexity index is 3280. The lowest BCUT2D eigenvalue weighted by atomic mass is 9.62. The Hall–Kier alpha value is -5.84. The van der Waals surface area contributed by atoms with Gasteiger partial charge in [0.25, 0.3) is 0 Å². The van der Waals surface area contributed by atoms with Gasteiger partial charge in [0.2, 0.25) is 7.28 Å². The van der Waals surface area contributed by atoms with Gasteiger partial charge >= 0.3 is 0 Å². The van der Waals surface area contributed by atoms with Crippen LogP contribution < -0.4 is 15.6 Å². The molecule has 1 aliphatic heterocycles. The second kappa shape index (κ2) is 15.7. The lowest BCUT2D eigenvalue weighted by Crippen LogP contribution is -2.35. The fourth-order valence-corrected chi connectivity index (χ4v) is 12.3. The molecular formula is C61H61BN2S. The highest BCUT2D eigenvalue weighted by Gasteiger charge is 2.39. The molecule has 0 saturated carbocycles. The Kier molecular flexibility index (Phi) is 10.1. The largest absolute Gasteiger partial charge is 0.355 e. The standard InChI is InChI=1S/C61H61BN2S/c1-9-10-12-17-38-22-29-43(30-23-38)63-51-21-16-15-20-44(51)46-35-45(40-24-27-42(28-25-40)59(2,3)4)54-47-36-49-50(61(7,8)33-32-60(49,5)6)37-52(47)64-56-48-34-41(39-18-13-11-14-19-39)26-31-53(48)65-58(56)62-55(46)57(54)64/h11,13-16,18-31,34-37,62-63H,9-10,12,17,32-33H2,1-8H3. The normalized spacial score (nSPS) is 15.0. The zero-order valence-corrected chi connectivity index (χ0v) is 40.4. The Morgan fingerprint density at radius 1 is 0.646 bits per heavy atom. The molecule has 2 aliphatic rings. The smallest absolute Gasteiger partial charge is 0.211 e. The highest BCUT2D eigenvalue weighted by molar-refractivity contribution is 7.29. The predicted molar refractivity (Wildman–Crippen MR) is 286 cm³/mol. The molecule has 9 aromatic rings. The number of para-hydroxylation sites is 1. The number of benzene rings is 7. The fourth-order valence-electron chi connectivity index (χ4n) is 11.2. The molecule has 0 saturated heterocycles. The molecule has 0 bridgehead atoms. The summed E-state index contributed by atoms with van der Waals surface area (Å²) >= 11 is 1.98. The fraction of sp³-hybridized carbons (Fsp3) is 0.279. The summed E-state index contributed by atoms with van der Waals surface area (Å²) in [5, 5.41) is 8.00. The highest BCUT2D eigenvalue weighted by Crippen LogP contribution is 2.51. The maximum atomic E-state index is 3.92. The van der Waals surface area contributed by atoms with Gasteiger partial charge in [0.1, 0.15) is 0 Å². The monoisotopic (exact) mass is 864 g/mol. The van der Waals surface area contributed by atoms with E-state index in [2.05, 4.69) is 205 Å². The average molecular weight is 865 g/mol. The Labute approximate surface area is 391 Å². The number of aromatic nitrogens is 1. The zero-order valence-electron chi connectivity index (χ0n) is 39.6. The molecule has 3 heterocycles. The van der Waals surface area contributed by atoms with Gasteiger partial charge in [0, 0.05) is 43.3 Å². The van der Waals surface area contributed by atoms with Crippen molar-refractivity contribution in [2.24, 2.45) is 0 Å². The number of nitrogens with one attached hydrogen (secondary N) is 1. The second-order valence-electron chi connectivity index (χ2n) is 21.5. The van der Waals surface area contributed by atoms with Crippen LogP contribution >= 0.6 is 11.3 Å². The number of hydrogen-bond donors (Lipinski definition) is 1. The van der Waals surface area contributed by atoms with Gasteiger partial charge in [-0.2, -0.15) is 0 Å². The van der Waals surface area contributed by atoms with Gasteiger partial charge in [-0.25, -0.2) is 0 Å². The third-order valence-corrected chi connectivity index (χ3v) is 16.2. The maximum absolute atomic E-state index is 3.92. The predicted octanol–water partition coefficient (Wildman–Crippen LogP) is 15.8. The van der Waals surface area contributed by atoms with E-state index in [1.165, 1.54) is 136 Å². The quantitative estimate of drug-likeness (QED) is 0.113. The van der Waals surface area contributed by atoms with Crippen LogP contribution in [0.15, 0.2) is 140 Å². The van der Waals surface area contributed by atoms with Gasteiger partial charge in [0.05, 0.1) is 11.2 Å². The van der Waals surface area contributed by atoms with Crippen molar-refractivity contribution in [2.45, 2.75) is 110 Å². The van der Waals surface area contributed by atoms with Crippen LogP contribution in [-0.4, -0.2) is 11.8 Å². The van der Waals surface area contributed by atoms with E-state index in [0.717, 1.165) is 25.1 Å². The minimum Gasteiger partial charge on any atom is -0.355 e. The lowest BCUT2D eigenvalue weighted by molar-refractivity contribution is 0.332. The SMILES string of the molecule is CCCCCc1ccc(Nc2ccccc2-c2cc(-c3ccc(C(C)(C)C)cc3)c3c4cc5c(cc4n4c3c2Bc2sc3ccc(-c6ccccc6)cc3c2-4)C(C)(C)CCC5(C)C)cc1. The molecule has 0 radical (unpaired) electrons. The van der Waals surface area contributed by atoms with Crippen molar-refractivity contribution in [1.82, 2.24) is 4.57 Å². The summed E-state index contributed by atoms with van der Waals surface area (Å²) < 4.78 is 5.51. The number of unbranched alkanes of at least 4 members (excludes halogenated alkanes) is 2. The van der Waals surface area contributed by atoms with E-state index in [9.17, 15) is 0 Å². The molecule has 0 unspecified atom stereocenters. The van der Waals surface area contributed by atoms with Gasteiger partial charge in [-0.1, -0.05) is 159 Å². The zero-order chi connectivity index (χ0) is 44.8. The van der Waals surface area contributed by atoms with Gasteiger partial charge in [-0.05, 0) is 151 Å². The molecule has 7 aromatic carbocycles. The lowest BCUT2D eigenvalue weighted by Gasteiger charge is -2.42. The first-order valence-corrected chi connectivity index (χ1v) is 25.0. The van der Waals surface area contributed by atoms with Crippen LogP contribution in [0.3, 0.4) is 0 Å². The number of rotatable bonds is 9. The molecule has 0 atom stereocenters. The number of hydrogen-bond acceptors (Lipinski definition) is 2. The van der Waals surface area contributed by atoms with Crippen LogP contribution in [0.2, 0.25) is 0 Å². The molecule has 2 aromatic heterocycles. The molecule has 1 aliphatic carbocycles. The van der Waals surface area contributed by atoms with Crippen molar-refractivity contribution in [3.05, 3.63) is 162 Å². The van der Waals surface area contributed by atoms with Gasteiger partial charge in [-0.3, -0.25) is 0 Å². The molecule has 324 valence electrons. The molecule has 0 spiro atoms. The Morgan fingerprint density at radius 2 is 1.34 bits per heavy atom. The molecular weight excluding hydrogens is 804 g/mol. The third kappa shape index (κ3) is 7.15. The molecule has 11 rings (SSSR count). The Balaban J connectivity index is 1.22. The van der Waals surface area contributed by atoms with E-state index in [-0.39, 0.29) is 16.2 Å². The van der Waals surface area contributed by atoms with Crippen LogP contribution in [0.4, 0.5) is 11.4 Å². The average Bonchev–Trinajstić information content (AvgIpc) is 3.84. The Morgan fingerprint density at radius 3 is 2.06 bits per heavy atom. The summed E-state index contributed by atoms with van der Waals surface area (Å²) in [5.41, 5.74) is 21.3. The van der Waals surface area contributed by atoms with E-state index in [1.54, 1.807) is 0 Å². The summed E-state index contributed by atoms with van der Waals surface area (Å²) in [7, 11) is 0.873. The van der Waals surface area contributed by atoms with Crippen LogP contribution in [-0.2, 0) is 22.7 Å². The first-order chi connectivity index (χ1) is 31.3. The third-order valence-electron chi connectivity index (χ3n) is 15.1. The van der Waals surface area contributed by atoms with E-state index in [0.29, 0.717) is 0 Å². The summed E-state index contributed by atoms with van der Waals surface area (Å²) in [6.07, 6.45) is 7.25. The maximum Gasteiger partial charge on any atom is 0.211 e. The first kappa shape index (κ1) is 41.8. The molecule has 2 nitrogen and oxygen atoms in total. The topological polar surface area (TPSA) is 17.0 Å². The van der Waals surface area contributed by atoms with E-state index >= 15 is 0 Å². The molecule has 1 N–H and O–H groups in total.